The molecule has 94 valence electrons. The summed E-state index contributed by atoms with van der Waals surface area (Å²) in [5.41, 5.74) is 0.991. The molecule has 0 amide bonds. The Balaban J connectivity index is 1.89. The van der Waals surface area contributed by atoms with E-state index in [4.69, 9.17) is 0 Å². The minimum atomic E-state index is 0.519. The summed E-state index contributed by atoms with van der Waals surface area (Å²) in [6, 6.07) is 10.5. The molecule has 6 nitrogen and oxygen atoms in total. The van der Waals surface area contributed by atoms with Crippen LogP contribution in [-0.2, 0) is 0 Å². The molecular weight excluding hydrogens is 228 g/mol. The van der Waals surface area contributed by atoms with E-state index < -0.39 is 0 Å². The Bertz CT molecular complexity index is 508. The summed E-state index contributed by atoms with van der Waals surface area (Å²) in [5, 5.41) is 15.3. The van der Waals surface area contributed by atoms with E-state index in [1.54, 1.807) is 4.68 Å². The van der Waals surface area contributed by atoms with Gasteiger partial charge in [-0.15, -0.1) is 0 Å². The third-order valence-electron chi connectivity index (χ3n) is 3.33. The molecule has 6 heteroatoms. The molecule has 1 aliphatic heterocycles. The number of rotatable bonds is 3. The smallest absolute Gasteiger partial charge is 0.250 e. The van der Waals surface area contributed by atoms with Gasteiger partial charge in [0, 0.05) is 19.1 Å². The molecule has 1 aliphatic rings. The molecule has 0 spiro atoms. The van der Waals surface area contributed by atoms with Gasteiger partial charge in [-0.05, 0) is 36.0 Å². The van der Waals surface area contributed by atoms with Gasteiger partial charge in [-0.2, -0.15) is 4.68 Å². The van der Waals surface area contributed by atoms with Gasteiger partial charge in [0.05, 0.1) is 5.69 Å². The Morgan fingerprint density at radius 1 is 1.28 bits per heavy atom. The number of hydrogen-bond donors (Lipinski definition) is 1. The van der Waals surface area contributed by atoms with Gasteiger partial charge in [0.2, 0.25) is 5.95 Å². The number of benzene rings is 1. The van der Waals surface area contributed by atoms with E-state index >= 15 is 0 Å². The molecule has 2 heterocycles. The van der Waals surface area contributed by atoms with E-state index in [2.05, 4.69) is 25.7 Å². The van der Waals surface area contributed by atoms with Crippen LogP contribution in [0, 0.1) is 0 Å². The predicted molar refractivity (Wildman–Crippen MR) is 68.8 cm³/mol. The maximum atomic E-state index is 4.14. The molecule has 0 aliphatic carbocycles. The summed E-state index contributed by atoms with van der Waals surface area (Å²) < 4.78 is 1.79. The Hall–Kier alpha value is -1.95. The first kappa shape index (κ1) is 11.2. The lowest BCUT2D eigenvalue weighted by Gasteiger charge is -2.16. The van der Waals surface area contributed by atoms with Gasteiger partial charge >= 0.3 is 0 Å². The monoisotopic (exact) mass is 244 g/mol. The lowest BCUT2D eigenvalue weighted by Crippen LogP contribution is -2.30. The van der Waals surface area contributed by atoms with E-state index in [0.29, 0.717) is 6.04 Å². The number of nitrogens with zero attached hydrogens (tertiary/aromatic N) is 5. The highest BCUT2D eigenvalue weighted by Gasteiger charge is 2.25. The fourth-order valence-electron chi connectivity index (χ4n) is 2.29. The molecule has 3 rings (SSSR count). The third kappa shape index (κ3) is 1.95. The van der Waals surface area contributed by atoms with Gasteiger partial charge in [0.25, 0.3) is 0 Å². The standard InChI is InChI=1S/C12H16N6/c1-13-10-7-8-17(9-10)12-14-15-16-18(12)11-5-3-2-4-6-11/h2-6,10,13H,7-9H2,1H3. The van der Waals surface area contributed by atoms with E-state index in [1.807, 2.05) is 37.4 Å². The van der Waals surface area contributed by atoms with Crippen molar-refractivity contribution in [3.05, 3.63) is 30.3 Å². The molecule has 1 N–H and O–H groups in total. The molecule has 1 atom stereocenters. The first-order valence-electron chi connectivity index (χ1n) is 6.14. The number of tetrazole rings is 1. The molecule has 0 radical (unpaired) electrons. The highest BCUT2D eigenvalue weighted by molar-refractivity contribution is 5.41. The van der Waals surface area contributed by atoms with Gasteiger partial charge < -0.3 is 10.2 Å². The van der Waals surface area contributed by atoms with Gasteiger partial charge in [0.15, 0.2) is 0 Å². The van der Waals surface area contributed by atoms with Crippen molar-refractivity contribution in [1.29, 1.82) is 0 Å². The average molecular weight is 244 g/mol. The van der Waals surface area contributed by atoms with Gasteiger partial charge in [-0.25, -0.2) is 0 Å². The van der Waals surface area contributed by atoms with Crippen molar-refractivity contribution in [2.75, 3.05) is 25.0 Å². The van der Waals surface area contributed by atoms with Crippen LogP contribution in [0.3, 0.4) is 0 Å². The largest absolute Gasteiger partial charge is 0.338 e. The van der Waals surface area contributed by atoms with Crippen LogP contribution < -0.4 is 10.2 Å². The summed E-state index contributed by atoms with van der Waals surface area (Å²) in [5.74, 6) is 0.818. The molecule has 18 heavy (non-hydrogen) atoms. The minimum Gasteiger partial charge on any atom is -0.338 e. The minimum absolute atomic E-state index is 0.519. The zero-order valence-corrected chi connectivity index (χ0v) is 10.3. The van der Waals surface area contributed by atoms with Crippen molar-refractivity contribution in [2.45, 2.75) is 12.5 Å². The van der Waals surface area contributed by atoms with Crippen LogP contribution in [-0.4, -0.2) is 46.4 Å². The van der Waals surface area contributed by atoms with Crippen molar-refractivity contribution in [2.24, 2.45) is 0 Å². The van der Waals surface area contributed by atoms with E-state index in [-0.39, 0.29) is 0 Å². The lowest BCUT2D eigenvalue weighted by atomic mass is 10.3. The summed E-state index contributed by atoms with van der Waals surface area (Å²) in [6.07, 6.45) is 1.12. The summed E-state index contributed by atoms with van der Waals surface area (Å²) in [6.45, 7) is 1.93. The van der Waals surface area contributed by atoms with Crippen molar-refractivity contribution in [3.8, 4) is 5.69 Å². The molecule has 1 unspecified atom stereocenters. The maximum absolute atomic E-state index is 4.14. The van der Waals surface area contributed by atoms with Crippen LogP contribution in [0.25, 0.3) is 5.69 Å². The van der Waals surface area contributed by atoms with Gasteiger partial charge in [-0.1, -0.05) is 23.3 Å². The molecule has 1 fully saturated rings. The molecule has 2 aromatic rings. The Morgan fingerprint density at radius 3 is 2.83 bits per heavy atom. The average Bonchev–Trinajstić information content (AvgIpc) is 3.08. The fraction of sp³-hybridized carbons (Fsp3) is 0.417. The maximum Gasteiger partial charge on any atom is 0.250 e. The normalized spacial score (nSPS) is 19.4. The second kappa shape index (κ2) is 4.73. The molecule has 1 aromatic carbocycles. The zero-order chi connectivity index (χ0) is 12.4. The molecule has 1 aromatic heterocycles. The van der Waals surface area contributed by atoms with Crippen LogP contribution in [0.1, 0.15) is 6.42 Å². The van der Waals surface area contributed by atoms with Crippen LogP contribution in [0.5, 0.6) is 0 Å². The van der Waals surface area contributed by atoms with Crippen LogP contribution >= 0.6 is 0 Å². The molecule has 0 saturated carbocycles. The predicted octanol–water partition coefficient (Wildman–Crippen LogP) is 0.460. The van der Waals surface area contributed by atoms with Gasteiger partial charge in [0.1, 0.15) is 0 Å². The number of aromatic nitrogens is 4. The molecule has 1 saturated heterocycles. The first-order chi connectivity index (χ1) is 8.88. The quantitative estimate of drug-likeness (QED) is 0.850. The van der Waals surface area contributed by atoms with E-state index in [9.17, 15) is 0 Å². The molecule has 0 bridgehead atoms. The number of anilines is 1. The van der Waals surface area contributed by atoms with Crippen LogP contribution in [0.15, 0.2) is 30.3 Å². The number of hydrogen-bond acceptors (Lipinski definition) is 5. The first-order valence-corrected chi connectivity index (χ1v) is 6.14. The number of para-hydroxylation sites is 1. The summed E-state index contributed by atoms with van der Waals surface area (Å²) in [4.78, 5) is 2.22. The van der Waals surface area contributed by atoms with E-state index in [1.165, 1.54) is 0 Å². The van der Waals surface area contributed by atoms with Gasteiger partial charge in [-0.3, -0.25) is 0 Å². The number of nitrogens with one attached hydrogen (secondary N) is 1. The second-order valence-corrected chi connectivity index (χ2v) is 4.45. The van der Waals surface area contributed by atoms with Crippen molar-refractivity contribution in [3.63, 3.8) is 0 Å². The molecular formula is C12H16N6. The Kier molecular flexibility index (Phi) is 2.93. The van der Waals surface area contributed by atoms with Crippen molar-refractivity contribution >= 4 is 5.95 Å². The summed E-state index contributed by atoms with van der Waals surface area (Å²) in [7, 11) is 1.99. The SMILES string of the molecule is CNC1CCN(c2nnnn2-c2ccccc2)C1. The summed E-state index contributed by atoms with van der Waals surface area (Å²) >= 11 is 0. The Morgan fingerprint density at radius 2 is 2.11 bits per heavy atom. The van der Waals surface area contributed by atoms with Crippen LogP contribution in [0.2, 0.25) is 0 Å². The Labute approximate surface area is 106 Å². The highest BCUT2D eigenvalue weighted by atomic mass is 15.6. The lowest BCUT2D eigenvalue weighted by molar-refractivity contribution is 0.615. The van der Waals surface area contributed by atoms with Crippen molar-refractivity contribution < 1.29 is 0 Å². The second-order valence-electron chi connectivity index (χ2n) is 4.45. The topological polar surface area (TPSA) is 58.9 Å². The third-order valence-corrected chi connectivity index (χ3v) is 3.33. The number of likely N-dealkylation sites (N-methyl/N-ethyl adjacent to an activating group) is 1. The fourth-order valence-corrected chi connectivity index (χ4v) is 2.29. The van der Waals surface area contributed by atoms with E-state index in [0.717, 1.165) is 31.1 Å². The van der Waals surface area contributed by atoms with Crippen molar-refractivity contribution in [1.82, 2.24) is 25.5 Å². The zero-order valence-electron chi connectivity index (χ0n) is 10.3. The van der Waals surface area contributed by atoms with Crippen LogP contribution in [0.4, 0.5) is 5.95 Å². The highest BCUT2D eigenvalue weighted by Crippen LogP contribution is 2.19.